The molecule has 0 saturated heterocycles. The summed E-state index contributed by atoms with van der Waals surface area (Å²) in [7, 11) is 0. The number of unbranched alkanes of at least 4 members (excludes halogenated alkanes) is 1. The first-order chi connectivity index (χ1) is 16.7. The molecule has 2 aromatic carbocycles. The minimum atomic E-state index is -5.05. The summed E-state index contributed by atoms with van der Waals surface area (Å²) in [5, 5.41) is 0. The van der Waals surface area contributed by atoms with Gasteiger partial charge in [-0.2, -0.15) is 13.2 Å². The van der Waals surface area contributed by atoms with E-state index in [-0.39, 0.29) is 5.56 Å². The highest BCUT2D eigenvalue weighted by atomic mass is 19.4. The van der Waals surface area contributed by atoms with Gasteiger partial charge in [-0.05, 0) is 78.2 Å². The molecule has 2 fully saturated rings. The van der Waals surface area contributed by atoms with Crippen molar-refractivity contribution in [3.63, 3.8) is 0 Å². The molecule has 35 heavy (non-hydrogen) atoms. The molecular formula is C30H37F5. The predicted molar refractivity (Wildman–Crippen MR) is 131 cm³/mol. The van der Waals surface area contributed by atoms with Gasteiger partial charge in [-0.1, -0.05) is 82.6 Å². The first-order valence-electron chi connectivity index (χ1n) is 13.4. The maximum Gasteiger partial charge on any atom is 0.422 e. The second kappa shape index (κ2) is 11.4. The van der Waals surface area contributed by atoms with E-state index in [0.717, 1.165) is 42.7 Å². The van der Waals surface area contributed by atoms with Crippen molar-refractivity contribution in [1.82, 2.24) is 0 Å². The van der Waals surface area contributed by atoms with E-state index in [2.05, 4.69) is 6.92 Å². The minimum absolute atomic E-state index is 0.117. The number of benzene rings is 2. The summed E-state index contributed by atoms with van der Waals surface area (Å²) < 4.78 is 66.4. The summed E-state index contributed by atoms with van der Waals surface area (Å²) in [6.07, 6.45) is 10.8. The van der Waals surface area contributed by atoms with Gasteiger partial charge in [0.1, 0.15) is 17.2 Å². The molecule has 0 nitrogen and oxygen atoms in total. The third-order valence-electron chi connectivity index (χ3n) is 8.50. The lowest BCUT2D eigenvalue weighted by atomic mass is 9.76. The largest absolute Gasteiger partial charge is 0.422 e. The summed E-state index contributed by atoms with van der Waals surface area (Å²) in [4.78, 5) is 0. The average Bonchev–Trinajstić information content (AvgIpc) is 2.82. The van der Waals surface area contributed by atoms with Crippen LogP contribution in [0.1, 0.15) is 101 Å². The smallest absolute Gasteiger partial charge is 0.206 e. The van der Waals surface area contributed by atoms with Crippen molar-refractivity contribution in [2.24, 2.45) is 17.8 Å². The molecular weight excluding hydrogens is 455 g/mol. The SMILES string of the molecule is CC1CCC(CCCCC2CCC(c3ccc(-c4cc(F)c(C(F)(F)F)c(F)c4)cc3)CC2)CC1. The van der Waals surface area contributed by atoms with Crippen molar-refractivity contribution in [2.75, 3.05) is 0 Å². The number of hydrogen-bond donors (Lipinski definition) is 0. The molecule has 2 saturated carbocycles. The van der Waals surface area contributed by atoms with E-state index in [1.807, 2.05) is 12.1 Å². The van der Waals surface area contributed by atoms with Crippen molar-refractivity contribution in [1.29, 1.82) is 0 Å². The molecule has 0 aromatic heterocycles. The lowest BCUT2D eigenvalue weighted by Gasteiger charge is -2.29. The Kier molecular flexibility index (Phi) is 8.54. The Balaban J connectivity index is 1.24. The van der Waals surface area contributed by atoms with Crippen LogP contribution in [0.15, 0.2) is 36.4 Å². The van der Waals surface area contributed by atoms with E-state index in [1.54, 1.807) is 12.1 Å². The fourth-order valence-electron chi connectivity index (χ4n) is 6.23. The maximum absolute atomic E-state index is 14.0. The molecule has 0 atom stereocenters. The Morgan fingerprint density at radius 2 is 1.17 bits per heavy atom. The van der Waals surface area contributed by atoms with Gasteiger partial charge in [0, 0.05) is 0 Å². The molecule has 0 aliphatic heterocycles. The lowest BCUT2D eigenvalue weighted by molar-refractivity contribution is -0.142. The van der Waals surface area contributed by atoms with Gasteiger partial charge in [0.05, 0.1) is 0 Å². The number of rotatable bonds is 7. The topological polar surface area (TPSA) is 0 Å². The van der Waals surface area contributed by atoms with Gasteiger partial charge in [0.25, 0.3) is 0 Å². The minimum Gasteiger partial charge on any atom is -0.206 e. The zero-order valence-corrected chi connectivity index (χ0v) is 20.6. The molecule has 2 aliphatic carbocycles. The summed E-state index contributed by atoms with van der Waals surface area (Å²) in [6.45, 7) is 2.38. The van der Waals surface area contributed by atoms with Crippen molar-refractivity contribution < 1.29 is 22.0 Å². The van der Waals surface area contributed by atoms with E-state index in [1.165, 1.54) is 69.8 Å². The van der Waals surface area contributed by atoms with Crippen LogP contribution < -0.4 is 0 Å². The van der Waals surface area contributed by atoms with E-state index < -0.39 is 23.4 Å². The Morgan fingerprint density at radius 1 is 0.686 bits per heavy atom. The number of hydrogen-bond acceptors (Lipinski definition) is 0. The number of alkyl halides is 3. The van der Waals surface area contributed by atoms with Gasteiger partial charge < -0.3 is 0 Å². The third kappa shape index (κ3) is 6.86. The lowest BCUT2D eigenvalue weighted by Crippen LogP contribution is -2.14. The normalized spacial score (nSPS) is 25.5. The van der Waals surface area contributed by atoms with Gasteiger partial charge in [-0.3, -0.25) is 0 Å². The van der Waals surface area contributed by atoms with Crippen LogP contribution in [-0.2, 0) is 6.18 Å². The summed E-state index contributed by atoms with van der Waals surface area (Å²) in [6, 6.07) is 8.96. The predicted octanol–water partition coefficient (Wildman–Crippen LogP) is 10.3. The van der Waals surface area contributed by atoms with Crippen LogP contribution in [0.5, 0.6) is 0 Å². The zero-order valence-electron chi connectivity index (χ0n) is 20.6. The molecule has 0 spiro atoms. The van der Waals surface area contributed by atoms with E-state index in [4.69, 9.17) is 0 Å². The van der Waals surface area contributed by atoms with Crippen LogP contribution in [0.3, 0.4) is 0 Å². The molecule has 4 rings (SSSR count). The molecule has 0 bridgehead atoms. The first kappa shape index (κ1) is 26.2. The van der Waals surface area contributed by atoms with Crippen molar-refractivity contribution in [2.45, 2.75) is 96.1 Å². The highest BCUT2D eigenvalue weighted by Crippen LogP contribution is 2.40. The first-order valence-corrected chi connectivity index (χ1v) is 13.4. The molecule has 192 valence electrons. The number of halogens is 5. The van der Waals surface area contributed by atoms with Crippen molar-refractivity contribution >= 4 is 0 Å². The Morgan fingerprint density at radius 3 is 1.66 bits per heavy atom. The standard InChI is InChI=1S/C30H37F5/c1-20-6-8-21(9-7-20)4-2-3-5-22-10-12-23(13-11-22)24-14-16-25(17-15-24)26-18-27(31)29(28(32)19-26)30(33,34)35/h14-23H,2-13H2,1H3. The van der Waals surface area contributed by atoms with Crippen molar-refractivity contribution in [3.05, 3.63) is 59.2 Å². The molecule has 0 heterocycles. The van der Waals surface area contributed by atoms with Gasteiger partial charge >= 0.3 is 6.18 Å². The summed E-state index contributed by atoms with van der Waals surface area (Å²) >= 11 is 0. The average molecular weight is 493 g/mol. The van der Waals surface area contributed by atoms with Gasteiger partial charge in [0.2, 0.25) is 0 Å². The van der Waals surface area contributed by atoms with E-state index in [9.17, 15) is 22.0 Å². The molecule has 2 aromatic rings. The molecule has 5 heteroatoms. The summed E-state index contributed by atoms with van der Waals surface area (Å²) in [5.41, 5.74) is -0.00258. The second-order valence-electron chi connectivity index (χ2n) is 11.1. The van der Waals surface area contributed by atoms with Crippen LogP contribution >= 0.6 is 0 Å². The quantitative estimate of drug-likeness (QED) is 0.266. The molecule has 0 N–H and O–H groups in total. The summed E-state index contributed by atoms with van der Waals surface area (Å²) in [5.74, 6) is 0.0148. The van der Waals surface area contributed by atoms with Gasteiger partial charge in [-0.25, -0.2) is 8.78 Å². The van der Waals surface area contributed by atoms with Crippen LogP contribution in [0.25, 0.3) is 11.1 Å². The Labute approximate surface area is 206 Å². The Bertz CT molecular complexity index is 923. The molecule has 0 unspecified atom stereocenters. The van der Waals surface area contributed by atoms with E-state index in [0.29, 0.717) is 11.5 Å². The van der Waals surface area contributed by atoms with Crippen LogP contribution in [0.4, 0.5) is 22.0 Å². The third-order valence-corrected chi connectivity index (χ3v) is 8.50. The zero-order chi connectivity index (χ0) is 25.0. The van der Waals surface area contributed by atoms with Crippen LogP contribution in [-0.4, -0.2) is 0 Å². The fourth-order valence-corrected chi connectivity index (χ4v) is 6.23. The molecule has 0 radical (unpaired) electrons. The molecule has 2 aliphatic rings. The Hall–Kier alpha value is -1.91. The van der Waals surface area contributed by atoms with E-state index >= 15 is 0 Å². The van der Waals surface area contributed by atoms with Gasteiger partial charge in [-0.15, -0.1) is 0 Å². The fraction of sp³-hybridized carbons (Fsp3) is 0.600. The monoisotopic (exact) mass is 492 g/mol. The highest BCUT2D eigenvalue weighted by molar-refractivity contribution is 5.64. The molecule has 0 amide bonds. The van der Waals surface area contributed by atoms with Crippen LogP contribution in [0, 0.1) is 29.4 Å². The van der Waals surface area contributed by atoms with Gasteiger partial charge in [0.15, 0.2) is 0 Å². The maximum atomic E-state index is 14.0. The van der Waals surface area contributed by atoms with Crippen LogP contribution in [0.2, 0.25) is 0 Å². The second-order valence-corrected chi connectivity index (χ2v) is 11.1. The van der Waals surface area contributed by atoms with Crippen molar-refractivity contribution in [3.8, 4) is 11.1 Å². The highest BCUT2D eigenvalue weighted by Gasteiger charge is 2.38.